The van der Waals surface area contributed by atoms with E-state index in [0.29, 0.717) is 12.8 Å². The van der Waals surface area contributed by atoms with Crippen LogP contribution in [0.2, 0.25) is 0 Å². The van der Waals surface area contributed by atoms with Gasteiger partial charge in [0, 0.05) is 18.3 Å². The van der Waals surface area contributed by atoms with Gasteiger partial charge in [0.1, 0.15) is 0 Å². The van der Waals surface area contributed by atoms with E-state index in [0.717, 1.165) is 11.1 Å². The number of carbonyl (C=O) groups excluding carboxylic acids is 2. The first-order valence-electron chi connectivity index (χ1n) is 8.35. The predicted octanol–water partition coefficient (Wildman–Crippen LogP) is 1.56. The third kappa shape index (κ3) is 3.94. The summed E-state index contributed by atoms with van der Waals surface area (Å²) in [7, 11) is 0. The summed E-state index contributed by atoms with van der Waals surface area (Å²) in [5, 5.41) is 22.0. The van der Waals surface area contributed by atoms with Crippen molar-refractivity contribution in [2.24, 2.45) is 17.8 Å². The lowest BCUT2D eigenvalue weighted by molar-refractivity contribution is -0.140. The minimum atomic E-state index is -0.673. The van der Waals surface area contributed by atoms with Crippen LogP contribution in [0, 0.1) is 17.8 Å². The summed E-state index contributed by atoms with van der Waals surface area (Å²) in [6.07, 6.45) is 0.348. The van der Waals surface area contributed by atoms with Gasteiger partial charge >= 0.3 is 0 Å². The Labute approximate surface area is 142 Å². The molecule has 6 nitrogen and oxygen atoms in total. The molecular weight excluding hydrogens is 308 g/mol. The molecular formula is C18H26N2O4. The zero-order valence-electron chi connectivity index (χ0n) is 14.3. The molecule has 1 aliphatic rings. The molecule has 0 spiro atoms. The molecule has 0 aliphatic heterocycles. The van der Waals surface area contributed by atoms with E-state index in [9.17, 15) is 14.7 Å². The molecule has 4 N–H and O–H groups in total. The lowest BCUT2D eigenvalue weighted by Crippen LogP contribution is -2.43. The van der Waals surface area contributed by atoms with Gasteiger partial charge in [-0.1, -0.05) is 45.0 Å². The molecule has 2 rings (SSSR count). The summed E-state index contributed by atoms with van der Waals surface area (Å²) in [6, 6.07) is 7.16. The van der Waals surface area contributed by atoms with Crippen LogP contribution >= 0.6 is 0 Å². The molecule has 1 aromatic carbocycles. The SMILES string of the molecule is CC(C)C[C@@H](C(=O)N[C@H]1c2ccccc2C[C@@H]1O)[C@H](C)C(=O)NO. The summed E-state index contributed by atoms with van der Waals surface area (Å²) in [5.74, 6) is -1.87. The minimum absolute atomic E-state index is 0.218. The average molecular weight is 334 g/mol. The number of aliphatic hydroxyl groups excluding tert-OH is 1. The van der Waals surface area contributed by atoms with E-state index >= 15 is 0 Å². The Morgan fingerprint density at radius 1 is 1.21 bits per heavy atom. The van der Waals surface area contributed by atoms with Crippen molar-refractivity contribution in [1.82, 2.24) is 10.8 Å². The molecule has 0 unspecified atom stereocenters. The molecule has 0 bridgehead atoms. The van der Waals surface area contributed by atoms with Crippen LogP contribution in [-0.4, -0.2) is 28.2 Å². The lowest BCUT2D eigenvalue weighted by atomic mass is 9.85. The molecule has 0 saturated carbocycles. The lowest BCUT2D eigenvalue weighted by Gasteiger charge is -2.26. The largest absolute Gasteiger partial charge is 0.390 e. The number of amides is 2. The number of fused-ring (bicyclic) bond motifs is 1. The molecule has 0 radical (unpaired) electrons. The average Bonchev–Trinajstić information content (AvgIpc) is 2.86. The van der Waals surface area contributed by atoms with Crippen molar-refractivity contribution >= 4 is 11.8 Å². The number of carbonyl (C=O) groups is 2. The number of nitrogens with one attached hydrogen (secondary N) is 2. The zero-order valence-corrected chi connectivity index (χ0v) is 14.3. The monoisotopic (exact) mass is 334 g/mol. The number of rotatable bonds is 6. The maximum atomic E-state index is 12.8. The van der Waals surface area contributed by atoms with Crippen LogP contribution in [-0.2, 0) is 16.0 Å². The molecule has 0 fully saturated rings. The van der Waals surface area contributed by atoms with Crippen LogP contribution in [0.4, 0.5) is 0 Å². The van der Waals surface area contributed by atoms with E-state index in [-0.39, 0.29) is 11.8 Å². The topological polar surface area (TPSA) is 98.7 Å². The number of hydrogen-bond acceptors (Lipinski definition) is 4. The fourth-order valence-corrected chi connectivity index (χ4v) is 3.34. The molecule has 4 atom stereocenters. The van der Waals surface area contributed by atoms with Crippen LogP contribution in [0.3, 0.4) is 0 Å². The minimum Gasteiger partial charge on any atom is -0.390 e. The van der Waals surface area contributed by atoms with E-state index in [4.69, 9.17) is 5.21 Å². The van der Waals surface area contributed by atoms with Crippen LogP contribution < -0.4 is 10.8 Å². The Hall–Kier alpha value is -1.92. The van der Waals surface area contributed by atoms with Crippen molar-refractivity contribution in [1.29, 1.82) is 0 Å². The van der Waals surface area contributed by atoms with E-state index < -0.39 is 29.9 Å². The Kier molecular flexibility index (Phi) is 5.96. The van der Waals surface area contributed by atoms with Crippen LogP contribution in [0.25, 0.3) is 0 Å². The Morgan fingerprint density at radius 2 is 1.88 bits per heavy atom. The van der Waals surface area contributed by atoms with Gasteiger partial charge in [0.2, 0.25) is 11.8 Å². The van der Waals surface area contributed by atoms with Crippen molar-refractivity contribution < 1.29 is 19.9 Å². The van der Waals surface area contributed by atoms with Crippen LogP contribution in [0.15, 0.2) is 24.3 Å². The number of hydroxylamine groups is 1. The van der Waals surface area contributed by atoms with Crippen molar-refractivity contribution in [2.75, 3.05) is 0 Å². The first-order valence-corrected chi connectivity index (χ1v) is 8.35. The second kappa shape index (κ2) is 7.77. The summed E-state index contributed by atoms with van der Waals surface area (Å²) in [4.78, 5) is 24.5. The Balaban J connectivity index is 2.17. The second-order valence-electron chi connectivity index (χ2n) is 6.96. The third-order valence-electron chi connectivity index (χ3n) is 4.69. The fourth-order valence-electron chi connectivity index (χ4n) is 3.34. The summed E-state index contributed by atoms with van der Waals surface area (Å²) in [6.45, 7) is 5.57. The van der Waals surface area contributed by atoms with Gasteiger partial charge in [0.05, 0.1) is 12.1 Å². The Bertz CT molecular complexity index is 602. The number of hydrogen-bond donors (Lipinski definition) is 4. The first kappa shape index (κ1) is 18.4. The van der Waals surface area contributed by atoms with Crippen LogP contribution in [0.5, 0.6) is 0 Å². The van der Waals surface area contributed by atoms with Gasteiger partial charge in [0.15, 0.2) is 0 Å². The molecule has 132 valence electrons. The summed E-state index contributed by atoms with van der Waals surface area (Å²) < 4.78 is 0. The molecule has 0 heterocycles. The summed E-state index contributed by atoms with van der Waals surface area (Å²) in [5.41, 5.74) is 3.57. The van der Waals surface area contributed by atoms with Gasteiger partial charge in [-0.25, -0.2) is 5.48 Å². The van der Waals surface area contributed by atoms with Gasteiger partial charge in [0.25, 0.3) is 0 Å². The van der Waals surface area contributed by atoms with Crippen molar-refractivity contribution in [3.8, 4) is 0 Å². The maximum Gasteiger partial charge on any atom is 0.246 e. The molecule has 24 heavy (non-hydrogen) atoms. The van der Waals surface area contributed by atoms with Crippen molar-refractivity contribution in [3.05, 3.63) is 35.4 Å². The highest BCUT2D eigenvalue weighted by atomic mass is 16.5. The predicted molar refractivity (Wildman–Crippen MR) is 89.1 cm³/mol. The Morgan fingerprint density at radius 3 is 2.50 bits per heavy atom. The molecule has 0 aromatic heterocycles. The smallest absolute Gasteiger partial charge is 0.246 e. The molecule has 0 saturated heterocycles. The number of aliphatic hydroxyl groups is 1. The van der Waals surface area contributed by atoms with Crippen LogP contribution in [0.1, 0.15) is 44.4 Å². The quantitative estimate of drug-likeness (QED) is 0.469. The normalized spacial score (nSPS) is 21.9. The highest BCUT2D eigenvalue weighted by Gasteiger charge is 2.36. The van der Waals surface area contributed by atoms with E-state index in [1.165, 1.54) is 0 Å². The van der Waals surface area contributed by atoms with Crippen molar-refractivity contribution in [3.63, 3.8) is 0 Å². The van der Waals surface area contributed by atoms with Gasteiger partial charge < -0.3 is 10.4 Å². The molecule has 1 aliphatic carbocycles. The summed E-state index contributed by atoms with van der Waals surface area (Å²) >= 11 is 0. The maximum absolute atomic E-state index is 12.8. The zero-order chi connectivity index (χ0) is 17.9. The van der Waals surface area contributed by atoms with Gasteiger partial charge in [-0.05, 0) is 23.5 Å². The van der Waals surface area contributed by atoms with Gasteiger partial charge in [-0.2, -0.15) is 0 Å². The highest BCUT2D eigenvalue weighted by molar-refractivity contribution is 5.87. The van der Waals surface area contributed by atoms with E-state index in [2.05, 4.69) is 5.32 Å². The van der Waals surface area contributed by atoms with E-state index in [1.54, 1.807) is 12.4 Å². The standard InChI is InChI=1S/C18H26N2O4/c1-10(2)8-14(11(3)17(22)20-24)18(23)19-16-13-7-5-4-6-12(13)9-15(16)21/h4-7,10-11,14-16,21,24H,8-9H2,1-3H3,(H,19,23)(H,20,22)/t11-,14+,15-,16-/m0/s1. The fraction of sp³-hybridized carbons (Fsp3) is 0.556. The molecule has 6 heteroatoms. The van der Waals surface area contributed by atoms with Gasteiger partial charge in [-0.3, -0.25) is 14.8 Å². The molecule has 2 amide bonds. The second-order valence-corrected chi connectivity index (χ2v) is 6.96. The molecule has 1 aromatic rings. The van der Waals surface area contributed by atoms with E-state index in [1.807, 2.05) is 38.1 Å². The van der Waals surface area contributed by atoms with Crippen molar-refractivity contribution in [2.45, 2.75) is 45.8 Å². The van der Waals surface area contributed by atoms with Gasteiger partial charge in [-0.15, -0.1) is 0 Å². The first-order chi connectivity index (χ1) is 11.3. The third-order valence-corrected chi connectivity index (χ3v) is 4.69. The number of benzene rings is 1. The highest BCUT2D eigenvalue weighted by Crippen LogP contribution is 2.32.